The summed E-state index contributed by atoms with van der Waals surface area (Å²) in [5, 5.41) is 9.88. The maximum Gasteiger partial charge on any atom is 0.136 e. The lowest BCUT2D eigenvalue weighted by Gasteiger charge is -2.17. The molecule has 4 heteroatoms. The summed E-state index contributed by atoms with van der Waals surface area (Å²) < 4.78 is 13.5. The first-order valence-corrected chi connectivity index (χ1v) is 8.00. The summed E-state index contributed by atoms with van der Waals surface area (Å²) >= 11 is 1.58. The molecule has 0 spiro atoms. The summed E-state index contributed by atoms with van der Waals surface area (Å²) in [5.74, 6) is 1.96. The second kappa shape index (κ2) is 5.81. The Morgan fingerprint density at radius 1 is 1.26 bits per heavy atom. The highest BCUT2D eigenvalue weighted by atomic mass is 32.2. The van der Waals surface area contributed by atoms with E-state index in [1.54, 1.807) is 17.8 Å². The van der Waals surface area contributed by atoms with Crippen LogP contribution in [-0.2, 0) is 0 Å². The average Bonchev–Trinajstić information content (AvgIpc) is 2.95. The number of hydrogen-bond donors (Lipinski definition) is 1. The molecule has 1 N–H and O–H groups in total. The van der Waals surface area contributed by atoms with Gasteiger partial charge < -0.3 is 10.0 Å². The van der Waals surface area contributed by atoms with Crippen LogP contribution in [0.5, 0.6) is 0 Å². The first-order valence-electron chi connectivity index (χ1n) is 7.02. The molecule has 1 aromatic rings. The lowest BCUT2D eigenvalue weighted by Crippen LogP contribution is -2.26. The van der Waals surface area contributed by atoms with Crippen molar-refractivity contribution in [1.82, 2.24) is 4.90 Å². The number of aliphatic hydroxyl groups is 1. The van der Waals surface area contributed by atoms with E-state index in [9.17, 15) is 9.50 Å². The third-order valence-electron chi connectivity index (χ3n) is 4.40. The molecule has 1 aliphatic carbocycles. The molecule has 0 bridgehead atoms. The zero-order valence-electron chi connectivity index (χ0n) is 11.0. The zero-order valence-corrected chi connectivity index (χ0v) is 11.8. The standard InChI is InChI=1S/C15H20FNOS/c16-13-3-1-2-4-15(13)19-8-7-17-9-11-5-6-14(18)12(11)10-17/h1-4,11-12,14,18H,5-10H2. The van der Waals surface area contributed by atoms with Gasteiger partial charge in [-0.05, 0) is 30.9 Å². The van der Waals surface area contributed by atoms with Gasteiger partial charge in [0.1, 0.15) is 5.82 Å². The summed E-state index contributed by atoms with van der Waals surface area (Å²) in [6, 6.07) is 6.95. The molecule has 1 aromatic carbocycles. The van der Waals surface area contributed by atoms with E-state index in [4.69, 9.17) is 0 Å². The van der Waals surface area contributed by atoms with Crippen LogP contribution in [0.15, 0.2) is 29.2 Å². The van der Waals surface area contributed by atoms with Crippen LogP contribution in [0.1, 0.15) is 12.8 Å². The first-order chi connectivity index (χ1) is 9.24. The van der Waals surface area contributed by atoms with Gasteiger partial charge in [-0.25, -0.2) is 4.39 Å². The van der Waals surface area contributed by atoms with Gasteiger partial charge in [0, 0.05) is 36.2 Å². The van der Waals surface area contributed by atoms with Gasteiger partial charge in [-0.1, -0.05) is 12.1 Å². The van der Waals surface area contributed by atoms with E-state index in [0.29, 0.717) is 11.8 Å². The smallest absolute Gasteiger partial charge is 0.136 e. The summed E-state index contributed by atoms with van der Waals surface area (Å²) in [4.78, 5) is 3.16. The number of aliphatic hydroxyl groups excluding tert-OH is 1. The van der Waals surface area contributed by atoms with Crippen molar-refractivity contribution in [3.63, 3.8) is 0 Å². The maximum atomic E-state index is 13.5. The molecule has 1 aliphatic heterocycles. The molecule has 1 saturated heterocycles. The highest BCUT2D eigenvalue weighted by Crippen LogP contribution is 2.38. The van der Waals surface area contributed by atoms with Gasteiger partial charge >= 0.3 is 0 Å². The van der Waals surface area contributed by atoms with Crippen LogP contribution in [0.4, 0.5) is 4.39 Å². The molecule has 2 nitrogen and oxygen atoms in total. The fourth-order valence-electron chi connectivity index (χ4n) is 3.36. The van der Waals surface area contributed by atoms with Crippen LogP contribution < -0.4 is 0 Å². The van der Waals surface area contributed by atoms with Crippen molar-refractivity contribution >= 4 is 11.8 Å². The quantitative estimate of drug-likeness (QED) is 0.858. The molecule has 0 aromatic heterocycles. The third kappa shape index (κ3) is 2.96. The molecule has 2 fully saturated rings. The summed E-state index contributed by atoms with van der Waals surface area (Å²) in [5.41, 5.74) is 0. The number of halogens is 1. The van der Waals surface area contributed by atoms with Crippen LogP contribution in [0.2, 0.25) is 0 Å². The van der Waals surface area contributed by atoms with E-state index in [0.717, 1.165) is 36.7 Å². The molecule has 0 radical (unpaired) electrons. The molecule has 3 atom stereocenters. The minimum Gasteiger partial charge on any atom is -0.393 e. The maximum absolute atomic E-state index is 13.5. The summed E-state index contributed by atoms with van der Waals surface area (Å²) in [6.45, 7) is 3.11. The van der Waals surface area contributed by atoms with Gasteiger partial charge in [-0.2, -0.15) is 0 Å². The number of benzene rings is 1. The Morgan fingerprint density at radius 2 is 2.11 bits per heavy atom. The van der Waals surface area contributed by atoms with E-state index in [1.807, 2.05) is 12.1 Å². The molecular formula is C15H20FNOS. The molecular weight excluding hydrogens is 261 g/mol. The van der Waals surface area contributed by atoms with Crippen molar-refractivity contribution in [2.45, 2.75) is 23.8 Å². The molecule has 2 aliphatic rings. The number of likely N-dealkylation sites (tertiary alicyclic amines) is 1. The number of hydrogen-bond acceptors (Lipinski definition) is 3. The van der Waals surface area contributed by atoms with Crippen LogP contribution >= 0.6 is 11.8 Å². The average molecular weight is 281 g/mol. The van der Waals surface area contributed by atoms with Crippen molar-refractivity contribution in [2.24, 2.45) is 11.8 Å². The third-order valence-corrected chi connectivity index (χ3v) is 5.43. The largest absolute Gasteiger partial charge is 0.393 e. The number of fused-ring (bicyclic) bond motifs is 1. The highest BCUT2D eigenvalue weighted by Gasteiger charge is 2.41. The van der Waals surface area contributed by atoms with E-state index in [1.165, 1.54) is 12.5 Å². The number of rotatable bonds is 4. The van der Waals surface area contributed by atoms with E-state index in [-0.39, 0.29) is 11.9 Å². The Bertz CT molecular complexity index is 442. The molecule has 104 valence electrons. The zero-order chi connectivity index (χ0) is 13.2. The van der Waals surface area contributed by atoms with Gasteiger partial charge in [0.15, 0.2) is 0 Å². The molecule has 3 unspecified atom stereocenters. The van der Waals surface area contributed by atoms with Crippen molar-refractivity contribution in [3.05, 3.63) is 30.1 Å². The Hall–Kier alpha value is -0.580. The summed E-state index contributed by atoms with van der Waals surface area (Å²) in [6.07, 6.45) is 2.06. The molecule has 19 heavy (non-hydrogen) atoms. The van der Waals surface area contributed by atoms with Gasteiger partial charge in [-0.3, -0.25) is 0 Å². The second-order valence-electron chi connectivity index (χ2n) is 5.61. The van der Waals surface area contributed by atoms with Gasteiger partial charge in [0.05, 0.1) is 6.10 Å². The van der Waals surface area contributed by atoms with E-state index >= 15 is 0 Å². The molecule has 1 saturated carbocycles. The second-order valence-corrected chi connectivity index (χ2v) is 6.74. The van der Waals surface area contributed by atoms with E-state index < -0.39 is 0 Å². The minimum absolute atomic E-state index is 0.0887. The van der Waals surface area contributed by atoms with Crippen LogP contribution in [0.3, 0.4) is 0 Å². The summed E-state index contributed by atoms with van der Waals surface area (Å²) in [7, 11) is 0. The predicted molar refractivity (Wildman–Crippen MR) is 75.8 cm³/mol. The van der Waals surface area contributed by atoms with Crippen molar-refractivity contribution < 1.29 is 9.50 Å². The first kappa shape index (κ1) is 13.4. The van der Waals surface area contributed by atoms with Crippen LogP contribution in [-0.4, -0.2) is 41.5 Å². The van der Waals surface area contributed by atoms with Gasteiger partial charge in [-0.15, -0.1) is 11.8 Å². The lowest BCUT2D eigenvalue weighted by molar-refractivity contribution is 0.125. The fraction of sp³-hybridized carbons (Fsp3) is 0.600. The predicted octanol–water partition coefficient (Wildman–Crippen LogP) is 2.62. The van der Waals surface area contributed by atoms with Gasteiger partial charge in [0.25, 0.3) is 0 Å². The monoisotopic (exact) mass is 281 g/mol. The van der Waals surface area contributed by atoms with Crippen molar-refractivity contribution in [2.75, 3.05) is 25.4 Å². The Morgan fingerprint density at radius 3 is 2.89 bits per heavy atom. The Labute approximate surface area is 118 Å². The van der Waals surface area contributed by atoms with Crippen molar-refractivity contribution in [3.8, 4) is 0 Å². The normalized spacial score (nSPS) is 30.7. The SMILES string of the molecule is OC1CCC2CN(CCSc3ccccc3F)CC12. The van der Waals surface area contributed by atoms with Gasteiger partial charge in [0.2, 0.25) is 0 Å². The number of nitrogens with zero attached hydrogens (tertiary/aromatic N) is 1. The highest BCUT2D eigenvalue weighted by molar-refractivity contribution is 7.99. The molecule has 0 amide bonds. The minimum atomic E-state index is -0.124. The molecule has 3 rings (SSSR count). The van der Waals surface area contributed by atoms with Crippen LogP contribution in [0, 0.1) is 17.7 Å². The van der Waals surface area contributed by atoms with Crippen molar-refractivity contribution in [1.29, 1.82) is 0 Å². The Balaban J connectivity index is 1.46. The van der Waals surface area contributed by atoms with Crippen LogP contribution in [0.25, 0.3) is 0 Å². The lowest BCUT2D eigenvalue weighted by atomic mass is 10.00. The number of thioether (sulfide) groups is 1. The Kier molecular flexibility index (Phi) is 4.10. The fourth-order valence-corrected chi connectivity index (χ4v) is 4.31. The van der Waals surface area contributed by atoms with E-state index in [2.05, 4.69) is 4.90 Å². The molecule has 1 heterocycles. The topological polar surface area (TPSA) is 23.5 Å².